The molecule has 0 unspecified atom stereocenters. The highest BCUT2D eigenvalue weighted by Gasteiger charge is 2.39. The van der Waals surface area contributed by atoms with E-state index in [0.717, 1.165) is 19.3 Å². The molecular weight excluding hydrogens is 296 g/mol. The summed E-state index contributed by atoms with van der Waals surface area (Å²) in [6.07, 6.45) is 4.27. The molecule has 1 saturated carbocycles. The summed E-state index contributed by atoms with van der Waals surface area (Å²) in [5, 5.41) is 9.49. The zero-order valence-corrected chi connectivity index (χ0v) is 13.8. The van der Waals surface area contributed by atoms with E-state index in [0.29, 0.717) is 29.9 Å². The molecule has 23 heavy (non-hydrogen) atoms. The number of carbonyl (C=O) groups excluding carboxylic acids is 2. The van der Waals surface area contributed by atoms with Crippen molar-refractivity contribution in [2.24, 2.45) is 0 Å². The number of esters is 1. The van der Waals surface area contributed by atoms with E-state index in [1.165, 1.54) is 4.90 Å². The molecule has 1 aromatic heterocycles. The number of amides is 1. The molecular formula is C17H22N2O4. The first kappa shape index (κ1) is 17.1. The van der Waals surface area contributed by atoms with Gasteiger partial charge in [-0.05, 0) is 32.8 Å². The van der Waals surface area contributed by atoms with Gasteiger partial charge in [0.2, 0.25) is 0 Å². The van der Waals surface area contributed by atoms with E-state index in [1.807, 2.05) is 0 Å². The molecule has 124 valence electrons. The minimum Gasteiger partial charge on any atom is -0.466 e. The number of ether oxygens (including phenoxy) is 1. The minimum absolute atomic E-state index is 0.325. The van der Waals surface area contributed by atoms with Crippen molar-refractivity contribution in [2.45, 2.75) is 51.5 Å². The topological polar surface area (TPSA) is 83.5 Å². The molecule has 0 N–H and O–H groups in total. The second-order valence-corrected chi connectivity index (χ2v) is 6.06. The Morgan fingerprint density at radius 1 is 1.35 bits per heavy atom. The molecule has 0 spiro atoms. The fraction of sp³-hybridized carbons (Fsp3) is 0.588. The van der Waals surface area contributed by atoms with Gasteiger partial charge in [0.15, 0.2) is 6.61 Å². The molecule has 0 aliphatic heterocycles. The first-order chi connectivity index (χ1) is 10.9. The molecule has 1 heterocycles. The van der Waals surface area contributed by atoms with Crippen LogP contribution in [0.1, 0.15) is 54.0 Å². The molecule has 0 radical (unpaired) electrons. The third-order valence-electron chi connectivity index (χ3n) is 4.49. The maximum absolute atomic E-state index is 12.3. The number of hydrogen-bond acceptors (Lipinski definition) is 5. The van der Waals surface area contributed by atoms with Crippen LogP contribution >= 0.6 is 0 Å². The zero-order chi connectivity index (χ0) is 17.0. The SMILES string of the molecule is Cc1cc(C(=O)OCC(=O)N(C)C2(C#N)CCCCC2)c(C)o1. The average molecular weight is 318 g/mol. The summed E-state index contributed by atoms with van der Waals surface area (Å²) in [7, 11) is 1.61. The molecule has 0 aromatic carbocycles. The monoisotopic (exact) mass is 318 g/mol. The van der Waals surface area contributed by atoms with Crippen LogP contribution in [0.25, 0.3) is 0 Å². The van der Waals surface area contributed by atoms with Gasteiger partial charge in [-0.1, -0.05) is 19.3 Å². The lowest BCUT2D eigenvalue weighted by Crippen LogP contribution is -2.51. The molecule has 2 rings (SSSR count). The molecule has 1 aliphatic carbocycles. The van der Waals surface area contributed by atoms with Gasteiger partial charge in [-0.2, -0.15) is 5.26 Å². The van der Waals surface area contributed by atoms with Crippen molar-refractivity contribution in [3.8, 4) is 6.07 Å². The van der Waals surface area contributed by atoms with Gasteiger partial charge in [-0.3, -0.25) is 4.79 Å². The fourth-order valence-corrected chi connectivity index (χ4v) is 3.03. The highest BCUT2D eigenvalue weighted by molar-refractivity contribution is 5.92. The summed E-state index contributed by atoms with van der Waals surface area (Å²) in [5.41, 5.74) is -0.449. The first-order valence-electron chi connectivity index (χ1n) is 7.82. The van der Waals surface area contributed by atoms with Crippen LogP contribution in [0.15, 0.2) is 10.5 Å². The maximum Gasteiger partial charge on any atom is 0.342 e. The average Bonchev–Trinajstić information content (AvgIpc) is 2.90. The van der Waals surface area contributed by atoms with E-state index in [-0.39, 0.29) is 12.5 Å². The molecule has 1 aromatic rings. The Balaban J connectivity index is 1.97. The third kappa shape index (κ3) is 3.55. The van der Waals surface area contributed by atoms with Gasteiger partial charge in [0.05, 0.1) is 6.07 Å². The molecule has 6 heteroatoms. The van der Waals surface area contributed by atoms with Crippen LogP contribution in [0, 0.1) is 25.2 Å². The summed E-state index contributed by atoms with van der Waals surface area (Å²) in [5.74, 6) is 0.132. The number of aryl methyl sites for hydroxylation is 2. The lowest BCUT2D eigenvalue weighted by molar-refractivity contribution is -0.138. The second kappa shape index (κ2) is 6.86. The largest absolute Gasteiger partial charge is 0.466 e. The Bertz CT molecular complexity index is 636. The number of carbonyl (C=O) groups is 2. The van der Waals surface area contributed by atoms with Crippen molar-refractivity contribution in [1.82, 2.24) is 4.90 Å². The summed E-state index contributed by atoms with van der Waals surface area (Å²) < 4.78 is 10.4. The van der Waals surface area contributed by atoms with Crippen LogP contribution < -0.4 is 0 Å². The summed E-state index contributed by atoms with van der Waals surface area (Å²) >= 11 is 0. The maximum atomic E-state index is 12.3. The molecule has 1 fully saturated rings. The number of nitriles is 1. The van der Waals surface area contributed by atoms with E-state index < -0.39 is 11.5 Å². The number of nitrogens with zero attached hydrogens (tertiary/aromatic N) is 2. The number of likely N-dealkylation sites (N-methyl/N-ethyl adjacent to an activating group) is 1. The lowest BCUT2D eigenvalue weighted by Gasteiger charge is -2.38. The standard InChI is InChI=1S/C17H22N2O4/c1-12-9-14(13(2)23-12)16(21)22-10-15(20)19(3)17(11-18)7-5-4-6-8-17/h9H,4-8,10H2,1-3H3. The van der Waals surface area contributed by atoms with Gasteiger partial charge in [0.25, 0.3) is 5.91 Å². The zero-order valence-electron chi connectivity index (χ0n) is 13.8. The Hall–Kier alpha value is -2.29. The van der Waals surface area contributed by atoms with E-state index in [9.17, 15) is 14.9 Å². The quantitative estimate of drug-likeness (QED) is 0.797. The van der Waals surface area contributed by atoms with Crippen molar-refractivity contribution in [2.75, 3.05) is 13.7 Å². The van der Waals surface area contributed by atoms with Gasteiger partial charge < -0.3 is 14.1 Å². The summed E-state index contributed by atoms with van der Waals surface area (Å²) in [6.45, 7) is 3.04. The Kier molecular flexibility index (Phi) is 5.09. The van der Waals surface area contributed by atoms with Crippen LogP contribution in [-0.2, 0) is 9.53 Å². The normalized spacial score (nSPS) is 16.4. The van der Waals surface area contributed by atoms with Crippen LogP contribution in [0.5, 0.6) is 0 Å². The highest BCUT2D eigenvalue weighted by atomic mass is 16.5. The Morgan fingerprint density at radius 2 is 2.00 bits per heavy atom. The molecule has 0 bridgehead atoms. The van der Waals surface area contributed by atoms with Crippen molar-refractivity contribution in [1.29, 1.82) is 5.26 Å². The van der Waals surface area contributed by atoms with Crippen molar-refractivity contribution < 1.29 is 18.7 Å². The van der Waals surface area contributed by atoms with E-state index in [2.05, 4.69) is 6.07 Å². The van der Waals surface area contributed by atoms with Crippen LogP contribution in [0.4, 0.5) is 0 Å². The lowest BCUT2D eigenvalue weighted by atomic mass is 9.81. The fourth-order valence-electron chi connectivity index (χ4n) is 3.03. The first-order valence-corrected chi connectivity index (χ1v) is 7.82. The van der Waals surface area contributed by atoms with Crippen LogP contribution in [-0.4, -0.2) is 36.0 Å². The molecule has 0 saturated heterocycles. The Labute approximate surface area is 136 Å². The molecule has 0 atom stereocenters. The predicted octanol–water partition coefficient (Wildman–Crippen LogP) is 2.74. The summed E-state index contributed by atoms with van der Waals surface area (Å²) in [4.78, 5) is 25.8. The minimum atomic E-state index is -0.774. The van der Waals surface area contributed by atoms with Gasteiger partial charge in [0.1, 0.15) is 22.6 Å². The molecule has 1 amide bonds. The highest BCUT2D eigenvalue weighted by Crippen LogP contribution is 2.32. The van der Waals surface area contributed by atoms with Crippen LogP contribution in [0.2, 0.25) is 0 Å². The second-order valence-electron chi connectivity index (χ2n) is 6.06. The van der Waals surface area contributed by atoms with E-state index in [4.69, 9.17) is 9.15 Å². The molecule has 1 aliphatic rings. The van der Waals surface area contributed by atoms with Gasteiger partial charge >= 0.3 is 5.97 Å². The van der Waals surface area contributed by atoms with Crippen molar-refractivity contribution in [3.63, 3.8) is 0 Å². The van der Waals surface area contributed by atoms with E-state index >= 15 is 0 Å². The number of rotatable bonds is 4. The van der Waals surface area contributed by atoms with Gasteiger partial charge in [0, 0.05) is 7.05 Å². The van der Waals surface area contributed by atoms with Crippen molar-refractivity contribution in [3.05, 3.63) is 23.2 Å². The van der Waals surface area contributed by atoms with Crippen LogP contribution in [0.3, 0.4) is 0 Å². The Morgan fingerprint density at radius 3 is 2.52 bits per heavy atom. The smallest absolute Gasteiger partial charge is 0.342 e. The predicted molar refractivity (Wildman–Crippen MR) is 82.7 cm³/mol. The molecule has 6 nitrogen and oxygen atoms in total. The van der Waals surface area contributed by atoms with E-state index in [1.54, 1.807) is 27.0 Å². The summed E-state index contributed by atoms with van der Waals surface area (Å²) in [6, 6.07) is 3.87. The van der Waals surface area contributed by atoms with Crippen molar-refractivity contribution >= 4 is 11.9 Å². The third-order valence-corrected chi connectivity index (χ3v) is 4.49. The van der Waals surface area contributed by atoms with Gasteiger partial charge in [-0.25, -0.2) is 4.79 Å². The van der Waals surface area contributed by atoms with Gasteiger partial charge in [-0.15, -0.1) is 0 Å². The number of furan rings is 1. The number of hydrogen-bond donors (Lipinski definition) is 0.